The Kier molecular flexibility index (Phi) is 20.9. The van der Waals surface area contributed by atoms with Gasteiger partial charge in [0.2, 0.25) is 26.0 Å². The zero-order chi connectivity index (χ0) is 68.9. The molecule has 0 radical (unpaired) electrons. The van der Waals surface area contributed by atoms with Gasteiger partial charge in [-0.2, -0.15) is 0 Å². The first-order valence-electron chi connectivity index (χ1n) is 35.9. The molecule has 12 atom stereocenters. The number of nitrogens with zero attached hydrogens (tertiary/aromatic N) is 4. The number of hydrogen-bond donors (Lipinski definition) is 2. The van der Waals surface area contributed by atoms with E-state index in [0.717, 1.165) is 101 Å². The number of hydrogen-bond acceptors (Lipinski definition) is 15. The number of rotatable bonds is 8. The van der Waals surface area contributed by atoms with Crippen molar-refractivity contribution in [2.24, 2.45) is 35.5 Å². The van der Waals surface area contributed by atoms with Crippen LogP contribution in [0, 0.1) is 35.5 Å². The molecule has 98 heavy (non-hydrogen) atoms. The van der Waals surface area contributed by atoms with E-state index in [1.807, 2.05) is 61.2 Å². The number of methoxy groups -OCH3 is 1. The maximum absolute atomic E-state index is 15.0. The minimum absolute atomic E-state index is 0.0456. The fraction of sp³-hybridized carbons (Fsp3) is 0.592. The number of likely N-dealkylation sites (tertiary alicyclic amines) is 1. The molecule has 2 saturated heterocycles. The number of aryl methyl sites for hydroxylation is 2. The van der Waals surface area contributed by atoms with Crippen LogP contribution in [0.4, 0.5) is 11.4 Å². The van der Waals surface area contributed by atoms with Crippen molar-refractivity contribution >= 4 is 72.3 Å². The van der Waals surface area contributed by atoms with E-state index >= 15 is 0 Å². The van der Waals surface area contributed by atoms with Crippen molar-refractivity contribution in [3.63, 3.8) is 0 Å². The first kappa shape index (κ1) is 70.7. The van der Waals surface area contributed by atoms with Gasteiger partial charge in [0.1, 0.15) is 18.1 Å². The Bertz CT molecular complexity index is 3960. The number of carbonyl (C=O) groups is 3. The summed E-state index contributed by atoms with van der Waals surface area (Å²) in [4.78, 5) is 52.0. The van der Waals surface area contributed by atoms with Crippen molar-refractivity contribution in [2.75, 3.05) is 95.6 Å². The maximum atomic E-state index is 15.0. The van der Waals surface area contributed by atoms with Gasteiger partial charge in [0.15, 0.2) is 0 Å². The fourth-order valence-electron chi connectivity index (χ4n) is 17.1. The maximum Gasteiger partial charge on any atom is 0.264 e. The number of anilines is 2. The molecule has 3 amide bonds. The normalized spacial score (nSPS) is 32.7. The molecule has 22 heteroatoms. The van der Waals surface area contributed by atoms with E-state index < -0.39 is 71.0 Å². The number of carbonyl (C=O) groups excluding carboxylic acids is 3. The summed E-state index contributed by atoms with van der Waals surface area (Å²) in [6.07, 6.45) is 18.4. The summed E-state index contributed by atoms with van der Waals surface area (Å²) in [5.41, 5.74) is 4.84. The number of ether oxygens (including phenoxy) is 5. The Morgan fingerprint density at radius 2 is 1.36 bits per heavy atom. The van der Waals surface area contributed by atoms with Crippen molar-refractivity contribution in [2.45, 2.75) is 164 Å². The molecular weight excluding hydrogens is 1320 g/mol. The van der Waals surface area contributed by atoms with Gasteiger partial charge in [-0.25, -0.2) is 26.3 Å². The molecule has 1 spiro atoms. The Hall–Kier alpha value is -5.71. The molecule has 13 rings (SSSR count). The lowest BCUT2D eigenvalue weighted by Crippen LogP contribution is -2.55. The van der Waals surface area contributed by atoms with E-state index in [1.165, 1.54) is 11.1 Å². The summed E-state index contributed by atoms with van der Waals surface area (Å²) in [5, 5.41) is -0.496. The highest BCUT2D eigenvalue weighted by molar-refractivity contribution is 7.91. The fourth-order valence-corrected chi connectivity index (χ4v) is 20.0. The van der Waals surface area contributed by atoms with Crippen molar-refractivity contribution in [3.8, 4) is 11.5 Å². The zero-order valence-corrected chi connectivity index (χ0v) is 60.9. The van der Waals surface area contributed by atoms with Crippen LogP contribution in [0.5, 0.6) is 11.5 Å². The number of morpholine rings is 1. The smallest absolute Gasteiger partial charge is 0.264 e. The van der Waals surface area contributed by atoms with Gasteiger partial charge in [0.05, 0.1) is 65.4 Å². The quantitative estimate of drug-likeness (QED) is 0.158. The van der Waals surface area contributed by atoms with Gasteiger partial charge in [0, 0.05) is 98.2 Å². The number of allylic oxidation sites excluding steroid dienone is 2. The van der Waals surface area contributed by atoms with Crippen molar-refractivity contribution in [3.05, 3.63) is 140 Å². The second-order valence-electron chi connectivity index (χ2n) is 30.0. The van der Waals surface area contributed by atoms with Crippen LogP contribution < -0.4 is 28.7 Å². The van der Waals surface area contributed by atoms with Crippen molar-refractivity contribution in [1.29, 1.82) is 0 Å². The van der Waals surface area contributed by atoms with Crippen LogP contribution >= 0.6 is 23.2 Å². The van der Waals surface area contributed by atoms with E-state index in [9.17, 15) is 31.2 Å². The molecule has 0 aromatic heterocycles. The average Bonchev–Trinajstić information content (AvgIpc) is 1.46. The third kappa shape index (κ3) is 14.6. The van der Waals surface area contributed by atoms with Crippen LogP contribution in [0.3, 0.4) is 0 Å². The van der Waals surface area contributed by atoms with Gasteiger partial charge in [-0.3, -0.25) is 19.3 Å². The van der Waals surface area contributed by atoms with E-state index in [-0.39, 0.29) is 53.0 Å². The van der Waals surface area contributed by atoms with E-state index in [1.54, 1.807) is 45.2 Å². The summed E-state index contributed by atoms with van der Waals surface area (Å²) in [7, 11) is -6.62. The Labute approximate surface area is 589 Å². The molecule has 3 aliphatic carbocycles. The molecule has 4 bridgehead atoms. The van der Waals surface area contributed by atoms with Crippen molar-refractivity contribution < 1.29 is 54.9 Å². The van der Waals surface area contributed by atoms with E-state index in [4.69, 9.17) is 46.9 Å². The summed E-state index contributed by atoms with van der Waals surface area (Å²) in [6, 6.07) is 20.9. The molecular formula is C76H98Cl2N6O12S2. The lowest BCUT2D eigenvalue weighted by molar-refractivity contribution is -0.146. The lowest BCUT2D eigenvalue weighted by Gasteiger charge is -2.51. The zero-order valence-electron chi connectivity index (χ0n) is 57.7. The second kappa shape index (κ2) is 29.0. The SMILES string of the molecule is CO[C@@]1(CC(=O)N2CCC2)/C=C/C[C@H](C)[C@@H](C)S(=O)(=O)NC(=O)c2cc(C3CN(CCO[C@@]4(C)/C=C/C[C@H](C)[C@@H](C)S(=O)(=O)NC(=O)c5ccc6c(c5)N(CCCCc5cc(Cl)ccc5CO6)C[C@@H]5CC[C@H]54)CCO3)c3c(c2)N(C[C@@H]2CC[C@H]21)C[C@@]1(CCCc2cc(Cl)ccc21)CO3. The first-order chi connectivity index (χ1) is 46.9. The Morgan fingerprint density at radius 3 is 2.06 bits per heavy atom. The van der Waals surface area contributed by atoms with Crippen LogP contribution in [0.25, 0.3) is 0 Å². The highest BCUT2D eigenvalue weighted by Crippen LogP contribution is 2.53. The number of halogens is 2. The molecule has 6 heterocycles. The number of fused-ring (bicyclic) bond motifs is 7. The third-order valence-corrected chi connectivity index (χ3v) is 28.3. The predicted molar refractivity (Wildman–Crippen MR) is 383 cm³/mol. The molecule has 4 aromatic rings. The van der Waals surface area contributed by atoms with Gasteiger partial charge in [-0.1, -0.05) is 73.5 Å². The van der Waals surface area contributed by atoms with Gasteiger partial charge in [-0.05, 0) is 217 Å². The Balaban J connectivity index is 0.815. The molecule has 4 fully saturated rings. The van der Waals surface area contributed by atoms with E-state index in [2.05, 4.69) is 55.4 Å². The highest BCUT2D eigenvalue weighted by atomic mass is 35.5. The Morgan fingerprint density at radius 1 is 0.684 bits per heavy atom. The van der Waals surface area contributed by atoms with E-state index in [0.29, 0.717) is 118 Å². The van der Waals surface area contributed by atoms with Crippen LogP contribution in [0.15, 0.2) is 91.0 Å². The second-order valence-corrected chi connectivity index (χ2v) is 35.0. The summed E-state index contributed by atoms with van der Waals surface area (Å²) >= 11 is 13.3. The van der Waals surface area contributed by atoms with Crippen molar-refractivity contribution in [1.82, 2.24) is 19.2 Å². The number of sulfonamides is 2. The van der Waals surface area contributed by atoms with Gasteiger partial charge >= 0.3 is 0 Å². The summed E-state index contributed by atoms with van der Waals surface area (Å²) < 4.78 is 96.7. The molecule has 4 aromatic carbocycles. The molecule has 2 N–H and O–H groups in total. The average molecular weight is 1420 g/mol. The lowest BCUT2D eigenvalue weighted by atomic mass is 9.62. The first-order valence-corrected chi connectivity index (χ1v) is 39.7. The summed E-state index contributed by atoms with van der Waals surface area (Å²) in [5.74, 6) is -0.592. The number of nitrogens with one attached hydrogen (secondary N) is 2. The van der Waals surface area contributed by atoms with Gasteiger partial charge in [0.25, 0.3) is 11.8 Å². The van der Waals surface area contributed by atoms with Gasteiger partial charge in [-0.15, -0.1) is 0 Å². The minimum atomic E-state index is -4.23. The monoisotopic (exact) mass is 1420 g/mol. The van der Waals surface area contributed by atoms with Crippen LogP contribution in [0.2, 0.25) is 10.0 Å². The summed E-state index contributed by atoms with van der Waals surface area (Å²) in [6.45, 7) is 16.0. The van der Waals surface area contributed by atoms with Gasteiger partial charge < -0.3 is 38.4 Å². The molecule has 18 nitrogen and oxygen atoms in total. The minimum Gasteiger partial charge on any atom is -0.490 e. The third-order valence-electron chi connectivity index (χ3n) is 24.0. The largest absolute Gasteiger partial charge is 0.490 e. The molecule has 530 valence electrons. The number of amides is 3. The predicted octanol–water partition coefficient (Wildman–Crippen LogP) is 12.2. The van der Waals surface area contributed by atoms with Crippen LogP contribution in [-0.4, -0.2) is 152 Å². The molecule has 1 unspecified atom stereocenters. The number of benzene rings is 4. The van der Waals surface area contributed by atoms with Crippen LogP contribution in [-0.2, 0) is 63.9 Å². The highest BCUT2D eigenvalue weighted by Gasteiger charge is 2.52. The van der Waals surface area contributed by atoms with Crippen LogP contribution in [0.1, 0.15) is 166 Å². The standard InChI is InChI=1S/C76H98Cl2N6O12S2/c1-49-13-9-27-74(5,63-23-18-56(63)43-83-30-8-7-15-53-37-60(77)21-17-58(53)46-94-68-26-20-55(40-66(68)83)72(86)79-97(88,89)51(49)3)96-36-34-81-33-35-93-69(45-81)62-39-59-41-67-71(62)95-48-75(28-11-16-54-38-61(78)22-25-64(54)75)47-84(67)44-57-19-24-65(57)76(92-6,42-70(85)82-31-12-32-82)29-10-14-50(2)52(4)98(90,91)80-73(59)87/h9-10,17,20-22,25-27,29,37-41,49-52,56-57,63,65,69H,7-8,11-16,18-19,23-24,28,30-36,42-48H2,1-6H3,(H,79,86)(H,80,87)/b27-9+,29-10+/t49-,50-,51+,52+,56-,57-,63+,65+,69?,74-,75-,76+/m0/s1. The molecule has 9 aliphatic rings. The molecule has 6 aliphatic heterocycles. The topological polar surface area (TPSA) is 203 Å². The molecule has 2 saturated carbocycles.